The average molecular weight is 195 g/mol. The first-order valence-electron chi connectivity index (χ1n) is 5.21. The maximum absolute atomic E-state index is 4.25. The zero-order valence-electron chi connectivity index (χ0n) is 10.1. The van der Waals surface area contributed by atoms with Gasteiger partial charge in [0.05, 0.1) is 11.4 Å². The van der Waals surface area contributed by atoms with Crippen LogP contribution in [-0.2, 0) is 18.9 Å². The monoisotopic (exact) mass is 195 g/mol. The van der Waals surface area contributed by atoms with Crippen molar-refractivity contribution in [1.82, 2.24) is 15.0 Å². The van der Waals surface area contributed by atoms with Crippen LogP contribution in [0.4, 0.5) is 0 Å². The average Bonchev–Trinajstić information content (AvgIpc) is 2.30. The van der Waals surface area contributed by atoms with Crippen molar-refractivity contribution in [2.45, 2.75) is 46.5 Å². The molecule has 1 rings (SSSR count). The molecular formula is C11H21N3. The third-order valence-corrected chi connectivity index (χ3v) is 2.25. The molecule has 0 aliphatic carbocycles. The van der Waals surface area contributed by atoms with Crippen LogP contribution < -0.4 is 0 Å². The summed E-state index contributed by atoms with van der Waals surface area (Å²) in [5.74, 6) is 0.647. The largest absolute Gasteiger partial charge is 0.252 e. The quantitative estimate of drug-likeness (QED) is 0.725. The Hall–Kier alpha value is -0.860. The molecule has 1 heterocycles. The molecule has 0 amide bonds. The van der Waals surface area contributed by atoms with E-state index in [2.05, 4.69) is 44.9 Å². The summed E-state index contributed by atoms with van der Waals surface area (Å²) in [6, 6.07) is 0. The van der Waals surface area contributed by atoms with Gasteiger partial charge >= 0.3 is 0 Å². The molecule has 0 aliphatic heterocycles. The van der Waals surface area contributed by atoms with Crippen LogP contribution in [0.25, 0.3) is 0 Å². The van der Waals surface area contributed by atoms with E-state index in [4.69, 9.17) is 0 Å². The lowest BCUT2D eigenvalue weighted by atomic mass is 9.89. The molecule has 0 unspecified atom stereocenters. The molecule has 3 heteroatoms. The lowest BCUT2D eigenvalue weighted by molar-refractivity contribution is 0.542. The van der Waals surface area contributed by atoms with Crippen molar-refractivity contribution in [3.05, 3.63) is 11.4 Å². The molecule has 1 aromatic heterocycles. The Morgan fingerprint density at radius 1 is 1.29 bits per heavy atom. The van der Waals surface area contributed by atoms with Crippen molar-refractivity contribution in [1.29, 1.82) is 0 Å². The van der Waals surface area contributed by atoms with Crippen molar-refractivity contribution >= 4 is 0 Å². The van der Waals surface area contributed by atoms with Crippen molar-refractivity contribution in [2.75, 3.05) is 0 Å². The first-order valence-corrected chi connectivity index (χ1v) is 5.21. The zero-order valence-corrected chi connectivity index (χ0v) is 10.1. The second-order valence-corrected chi connectivity index (χ2v) is 5.36. The number of hydrogen-bond acceptors (Lipinski definition) is 2. The number of hydrogen-bond donors (Lipinski definition) is 0. The van der Waals surface area contributed by atoms with Gasteiger partial charge in [-0.2, -0.15) is 0 Å². The van der Waals surface area contributed by atoms with Gasteiger partial charge in [-0.1, -0.05) is 39.8 Å². The minimum atomic E-state index is 0.0957. The van der Waals surface area contributed by atoms with E-state index < -0.39 is 0 Å². The van der Waals surface area contributed by atoms with Crippen LogP contribution in [0.15, 0.2) is 0 Å². The molecule has 0 spiro atoms. The maximum atomic E-state index is 4.25. The first kappa shape index (κ1) is 11.2. The van der Waals surface area contributed by atoms with Crippen molar-refractivity contribution in [2.24, 2.45) is 13.0 Å². The fourth-order valence-corrected chi connectivity index (χ4v) is 1.58. The van der Waals surface area contributed by atoms with E-state index in [9.17, 15) is 0 Å². The lowest BCUT2D eigenvalue weighted by Gasteiger charge is -2.18. The molecule has 0 aromatic carbocycles. The van der Waals surface area contributed by atoms with Gasteiger partial charge in [0.1, 0.15) is 0 Å². The molecule has 0 radical (unpaired) electrons. The minimum Gasteiger partial charge on any atom is -0.252 e. The molecule has 0 bridgehead atoms. The van der Waals surface area contributed by atoms with Crippen LogP contribution in [-0.4, -0.2) is 15.0 Å². The molecule has 80 valence electrons. The van der Waals surface area contributed by atoms with Crippen LogP contribution >= 0.6 is 0 Å². The van der Waals surface area contributed by atoms with E-state index in [1.165, 1.54) is 5.69 Å². The zero-order chi connectivity index (χ0) is 10.9. The molecule has 0 fully saturated rings. The number of rotatable bonds is 2. The summed E-state index contributed by atoms with van der Waals surface area (Å²) in [5, 5.41) is 8.36. The number of nitrogens with zero attached hydrogens (tertiary/aromatic N) is 3. The second kappa shape index (κ2) is 3.71. The predicted octanol–water partition coefficient (Wildman–Crippen LogP) is 2.31. The number of aromatic nitrogens is 3. The van der Waals surface area contributed by atoms with Gasteiger partial charge in [-0.05, 0) is 12.3 Å². The molecule has 0 aliphatic rings. The van der Waals surface area contributed by atoms with E-state index in [0.29, 0.717) is 5.92 Å². The smallest absolute Gasteiger partial charge is 0.0912 e. The molecular weight excluding hydrogens is 174 g/mol. The number of aryl methyl sites for hydroxylation is 1. The standard InChI is InChI=1S/C11H21N3/c1-8(2)7-9-10(11(3,4)5)12-13-14(9)6/h8H,7H2,1-6H3. The Morgan fingerprint density at radius 2 is 1.86 bits per heavy atom. The van der Waals surface area contributed by atoms with Gasteiger partial charge in [-0.15, -0.1) is 5.10 Å². The fraction of sp³-hybridized carbons (Fsp3) is 0.818. The summed E-state index contributed by atoms with van der Waals surface area (Å²) in [5.41, 5.74) is 2.50. The van der Waals surface area contributed by atoms with E-state index in [0.717, 1.165) is 12.1 Å². The van der Waals surface area contributed by atoms with E-state index >= 15 is 0 Å². The molecule has 0 N–H and O–H groups in total. The van der Waals surface area contributed by atoms with Crippen LogP contribution in [0.1, 0.15) is 46.0 Å². The molecule has 14 heavy (non-hydrogen) atoms. The topological polar surface area (TPSA) is 30.7 Å². The fourth-order valence-electron chi connectivity index (χ4n) is 1.58. The van der Waals surface area contributed by atoms with E-state index in [1.54, 1.807) is 0 Å². The molecule has 0 atom stereocenters. The SMILES string of the molecule is CC(C)Cc1c(C(C)(C)C)nnn1C. The predicted molar refractivity (Wildman–Crippen MR) is 58.2 cm³/mol. The Kier molecular flexibility index (Phi) is 2.98. The van der Waals surface area contributed by atoms with Crippen molar-refractivity contribution in [3.63, 3.8) is 0 Å². The summed E-state index contributed by atoms with van der Waals surface area (Å²) in [6.07, 6.45) is 1.05. The van der Waals surface area contributed by atoms with Crippen molar-refractivity contribution < 1.29 is 0 Å². The normalized spacial score (nSPS) is 12.5. The molecule has 1 aromatic rings. The summed E-state index contributed by atoms with van der Waals surface area (Å²) in [4.78, 5) is 0. The van der Waals surface area contributed by atoms with Gasteiger partial charge in [-0.25, -0.2) is 0 Å². The van der Waals surface area contributed by atoms with Crippen LogP contribution in [0.2, 0.25) is 0 Å². The van der Waals surface area contributed by atoms with Gasteiger partial charge in [0, 0.05) is 12.5 Å². The highest BCUT2D eigenvalue weighted by Gasteiger charge is 2.23. The molecule has 0 saturated carbocycles. The minimum absolute atomic E-state index is 0.0957. The molecule has 0 saturated heterocycles. The Balaban J connectivity index is 3.06. The van der Waals surface area contributed by atoms with Gasteiger partial charge in [0.2, 0.25) is 0 Å². The van der Waals surface area contributed by atoms with Gasteiger partial charge < -0.3 is 0 Å². The Morgan fingerprint density at radius 3 is 2.29 bits per heavy atom. The second-order valence-electron chi connectivity index (χ2n) is 5.36. The summed E-state index contributed by atoms with van der Waals surface area (Å²) in [7, 11) is 1.97. The maximum Gasteiger partial charge on any atom is 0.0912 e. The Bertz CT molecular complexity index is 305. The van der Waals surface area contributed by atoms with Gasteiger partial charge in [0.15, 0.2) is 0 Å². The summed E-state index contributed by atoms with van der Waals surface area (Å²) >= 11 is 0. The van der Waals surface area contributed by atoms with Crippen LogP contribution in [0.5, 0.6) is 0 Å². The van der Waals surface area contributed by atoms with E-state index in [-0.39, 0.29) is 5.41 Å². The summed E-state index contributed by atoms with van der Waals surface area (Å²) < 4.78 is 1.90. The van der Waals surface area contributed by atoms with Crippen LogP contribution in [0.3, 0.4) is 0 Å². The van der Waals surface area contributed by atoms with Gasteiger partial charge in [0.25, 0.3) is 0 Å². The molecule has 3 nitrogen and oxygen atoms in total. The van der Waals surface area contributed by atoms with Gasteiger partial charge in [-0.3, -0.25) is 4.68 Å². The van der Waals surface area contributed by atoms with E-state index in [1.807, 2.05) is 11.7 Å². The highest BCUT2D eigenvalue weighted by Crippen LogP contribution is 2.24. The third-order valence-electron chi connectivity index (χ3n) is 2.25. The van der Waals surface area contributed by atoms with Crippen molar-refractivity contribution in [3.8, 4) is 0 Å². The third kappa shape index (κ3) is 2.34. The summed E-state index contributed by atoms with van der Waals surface area (Å²) in [6.45, 7) is 11.0. The first-order chi connectivity index (χ1) is 6.32. The lowest BCUT2D eigenvalue weighted by Crippen LogP contribution is -2.16. The van der Waals surface area contributed by atoms with Crippen LogP contribution in [0, 0.1) is 5.92 Å². The Labute approximate surface area is 86.5 Å². The highest BCUT2D eigenvalue weighted by molar-refractivity contribution is 5.19. The highest BCUT2D eigenvalue weighted by atomic mass is 15.4.